The number of oxazole rings is 1. The van der Waals surface area contributed by atoms with Gasteiger partial charge in [-0.05, 0) is 38.6 Å². The van der Waals surface area contributed by atoms with E-state index in [0.717, 1.165) is 30.5 Å². The van der Waals surface area contributed by atoms with Gasteiger partial charge in [0.25, 0.3) is 0 Å². The number of aliphatic imine (C=N–C) groups is 1. The summed E-state index contributed by atoms with van der Waals surface area (Å²) in [7, 11) is 3.89. The number of guanidine groups is 1. The highest BCUT2D eigenvalue weighted by Gasteiger charge is 2.06. The van der Waals surface area contributed by atoms with Gasteiger partial charge in [0.2, 0.25) is 5.89 Å². The molecule has 0 unspecified atom stereocenters. The Bertz CT molecular complexity index is 688. The number of rotatable bonds is 7. The maximum absolute atomic E-state index is 5.57. The molecule has 0 radical (unpaired) electrons. The second-order valence-corrected chi connectivity index (χ2v) is 6.18. The van der Waals surface area contributed by atoms with Crippen molar-refractivity contribution in [2.45, 2.75) is 40.4 Å². The molecule has 2 N–H and O–H groups in total. The van der Waals surface area contributed by atoms with Crippen molar-refractivity contribution in [2.24, 2.45) is 4.99 Å². The van der Waals surface area contributed by atoms with Gasteiger partial charge < -0.3 is 20.0 Å². The van der Waals surface area contributed by atoms with Crippen LogP contribution >= 0.6 is 0 Å². The Labute approximate surface area is 150 Å². The van der Waals surface area contributed by atoms with Crippen LogP contribution < -0.4 is 10.6 Å². The molecule has 0 amide bonds. The van der Waals surface area contributed by atoms with Gasteiger partial charge in [0.05, 0.1) is 12.2 Å². The zero-order chi connectivity index (χ0) is 18.2. The normalized spacial score (nSPS) is 11.8. The Balaban J connectivity index is 1.87. The lowest BCUT2D eigenvalue weighted by molar-refractivity contribution is 0.345. The maximum Gasteiger partial charge on any atom is 0.214 e. The van der Waals surface area contributed by atoms with Crippen LogP contribution in [0.2, 0.25) is 0 Å². The fraction of sp³-hybridized carbons (Fsp3) is 0.474. The molecule has 6 nitrogen and oxygen atoms in total. The summed E-state index contributed by atoms with van der Waals surface area (Å²) >= 11 is 0. The number of hydrogen-bond acceptors (Lipinski definition) is 4. The Morgan fingerprint density at radius 1 is 1.20 bits per heavy atom. The molecule has 2 rings (SSSR count). The summed E-state index contributed by atoms with van der Waals surface area (Å²) in [5, 5.41) is 6.55. The van der Waals surface area contributed by atoms with Crippen molar-refractivity contribution in [3.63, 3.8) is 0 Å². The molecule has 0 spiro atoms. The topological polar surface area (TPSA) is 65.7 Å². The van der Waals surface area contributed by atoms with E-state index in [1.165, 1.54) is 11.1 Å². The molecule has 0 saturated heterocycles. The Morgan fingerprint density at radius 2 is 1.92 bits per heavy atom. The molecule has 2 aromatic rings. The predicted molar refractivity (Wildman–Crippen MR) is 101 cm³/mol. The van der Waals surface area contributed by atoms with E-state index in [1.807, 2.05) is 13.8 Å². The van der Waals surface area contributed by atoms with Gasteiger partial charge in [0.15, 0.2) is 5.96 Å². The third kappa shape index (κ3) is 5.90. The van der Waals surface area contributed by atoms with Gasteiger partial charge in [-0.3, -0.25) is 4.99 Å². The molecular weight excluding hydrogens is 314 g/mol. The second kappa shape index (κ2) is 9.22. The highest BCUT2D eigenvalue weighted by Crippen LogP contribution is 2.09. The van der Waals surface area contributed by atoms with Crippen LogP contribution in [0.5, 0.6) is 0 Å². The van der Waals surface area contributed by atoms with Crippen molar-refractivity contribution in [3.8, 4) is 0 Å². The van der Waals surface area contributed by atoms with E-state index in [2.05, 4.69) is 63.7 Å². The summed E-state index contributed by atoms with van der Waals surface area (Å²) in [4.78, 5) is 10.9. The van der Waals surface area contributed by atoms with Crippen LogP contribution in [0.4, 0.5) is 0 Å². The number of nitrogens with one attached hydrogen (secondary N) is 2. The van der Waals surface area contributed by atoms with E-state index < -0.39 is 0 Å². The molecule has 0 aliphatic rings. The first-order valence-corrected chi connectivity index (χ1v) is 8.65. The van der Waals surface area contributed by atoms with E-state index in [9.17, 15) is 0 Å². The summed E-state index contributed by atoms with van der Waals surface area (Å²) in [6.07, 6.45) is 0. The van der Waals surface area contributed by atoms with Gasteiger partial charge in [0.1, 0.15) is 5.76 Å². The summed E-state index contributed by atoms with van der Waals surface area (Å²) in [5.74, 6) is 2.25. The number of hydrogen-bond donors (Lipinski definition) is 2. The van der Waals surface area contributed by atoms with E-state index in [1.54, 1.807) is 7.05 Å². The standard InChI is InChI=1S/C19H29N5O/c1-6-24(5)13-17-9-7-8-16(10-17)11-21-19(20-4)22-12-18-23-14(2)15(3)25-18/h7-10H,6,11-13H2,1-5H3,(H2,20,21,22). The van der Waals surface area contributed by atoms with Crippen molar-refractivity contribution >= 4 is 5.96 Å². The van der Waals surface area contributed by atoms with Crippen LogP contribution in [0.25, 0.3) is 0 Å². The molecule has 1 aromatic carbocycles. The molecule has 0 aliphatic heterocycles. The Morgan fingerprint density at radius 3 is 2.56 bits per heavy atom. The molecular formula is C19H29N5O. The molecule has 25 heavy (non-hydrogen) atoms. The molecule has 136 valence electrons. The van der Waals surface area contributed by atoms with Crippen molar-refractivity contribution in [1.82, 2.24) is 20.5 Å². The fourth-order valence-corrected chi connectivity index (χ4v) is 2.44. The molecule has 0 fully saturated rings. The molecule has 1 aromatic heterocycles. The molecule has 0 aliphatic carbocycles. The average Bonchev–Trinajstić information content (AvgIpc) is 2.93. The third-order valence-corrected chi connectivity index (χ3v) is 4.15. The van der Waals surface area contributed by atoms with E-state index in [0.29, 0.717) is 19.0 Å². The van der Waals surface area contributed by atoms with E-state index in [-0.39, 0.29) is 0 Å². The van der Waals surface area contributed by atoms with Crippen LogP contribution in [-0.4, -0.2) is 36.5 Å². The molecule has 6 heteroatoms. The lowest BCUT2D eigenvalue weighted by Crippen LogP contribution is -2.36. The largest absolute Gasteiger partial charge is 0.444 e. The first-order valence-electron chi connectivity index (χ1n) is 8.65. The van der Waals surface area contributed by atoms with Crippen molar-refractivity contribution in [2.75, 3.05) is 20.6 Å². The van der Waals surface area contributed by atoms with Gasteiger partial charge in [-0.1, -0.05) is 31.2 Å². The first-order chi connectivity index (χ1) is 12.0. The van der Waals surface area contributed by atoms with Crippen molar-refractivity contribution in [1.29, 1.82) is 0 Å². The smallest absolute Gasteiger partial charge is 0.214 e. The lowest BCUT2D eigenvalue weighted by atomic mass is 10.1. The summed E-state index contributed by atoms with van der Waals surface area (Å²) in [6.45, 7) is 9.25. The summed E-state index contributed by atoms with van der Waals surface area (Å²) in [5.41, 5.74) is 3.47. The van der Waals surface area contributed by atoms with Crippen molar-refractivity contribution < 1.29 is 4.42 Å². The molecule has 0 bridgehead atoms. The number of benzene rings is 1. The zero-order valence-corrected chi connectivity index (χ0v) is 15.9. The van der Waals surface area contributed by atoms with Crippen LogP contribution in [0.3, 0.4) is 0 Å². The number of nitrogens with zero attached hydrogens (tertiary/aromatic N) is 3. The minimum Gasteiger partial charge on any atom is -0.444 e. The zero-order valence-electron chi connectivity index (χ0n) is 15.9. The monoisotopic (exact) mass is 343 g/mol. The van der Waals surface area contributed by atoms with Gasteiger partial charge >= 0.3 is 0 Å². The quantitative estimate of drug-likeness (QED) is 0.598. The highest BCUT2D eigenvalue weighted by molar-refractivity contribution is 5.79. The second-order valence-electron chi connectivity index (χ2n) is 6.18. The van der Waals surface area contributed by atoms with Gasteiger partial charge in [-0.2, -0.15) is 0 Å². The maximum atomic E-state index is 5.57. The van der Waals surface area contributed by atoms with E-state index >= 15 is 0 Å². The SMILES string of the molecule is CCN(C)Cc1cccc(CNC(=NC)NCc2nc(C)c(C)o2)c1. The highest BCUT2D eigenvalue weighted by atomic mass is 16.4. The molecule has 1 heterocycles. The van der Waals surface area contributed by atoms with Crippen LogP contribution in [0, 0.1) is 13.8 Å². The van der Waals surface area contributed by atoms with E-state index in [4.69, 9.17) is 4.42 Å². The van der Waals surface area contributed by atoms with Crippen LogP contribution in [0.1, 0.15) is 35.4 Å². The summed E-state index contributed by atoms with van der Waals surface area (Å²) in [6, 6.07) is 8.62. The van der Waals surface area contributed by atoms with Crippen molar-refractivity contribution in [3.05, 3.63) is 52.7 Å². The van der Waals surface area contributed by atoms with Crippen LogP contribution in [-0.2, 0) is 19.6 Å². The Kier molecular flexibility index (Phi) is 7.01. The molecule has 0 saturated carbocycles. The lowest BCUT2D eigenvalue weighted by Gasteiger charge is -2.15. The van der Waals surface area contributed by atoms with Gasteiger partial charge in [0, 0.05) is 20.1 Å². The van der Waals surface area contributed by atoms with Crippen LogP contribution in [0.15, 0.2) is 33.7 Å². The fourth-order valence-electron chi connectivity index (χ4n) is 2.44. The minimum atomic E-state index is 0.510. The van der Waals surface area contributed by atoms with Gasteiger partial charge in [-0.25, -0.2) is 4.98 Å². The average molecular weight is 343 g/mol. The Hall–Kier alpha value is -2.34. The summed E-state index contributed by atoms with van der Waals surface area (Å²) < 4.78 is 5.57. The number of aromatic nitrogens is 1. The molecule has 0 atom stereocenters. The predicted octanol–water partition coefficient (Wildman–Crippen LogP) is 2.61. The van der Waals surface area contributed by atoms with Gasteiger partial charge in [-0.15, -0.1) is 0 Å². The number of aryl methyl sites for hydroxylation is 2. The third-order valence-electron chi connectivity index (χ3n) is 4.15. The minimum absolute atomic E-state index is 0.510. The first kappa shape index (κ1) is 19.0.